The zero-order chi connectivity index (χ0) is 8.39. The smallest absolute Gasteiger partial charge is 0.0597 e. The number of thioether (sulfide) groups is 1. The van der Waals surface area contributed by atoms with Gasteiger partial charge in [0.05, 0.1) is 6.61 Å². The van der Waals surface area contributed by atoms with E-state index in [1.54, 1.807) is 0 Å². The maximum atomic E-state index is 8.99. The van der Waals surface area contributed by atoms with Crippen molar-refractivity contribution in [2.75, 3.05) is 37.7 Å². The SMILES string of the molecule is OC[C@H]1CN2CCSC[C@H]2CN1. The molecule has 0 unspecified atom stereocenters. The summed E-state index contributed by atoms with van der Waals surface area (Å²) in [5, 5.41) is 12.3. The Balaban J connectivity index is 1.90. The van der Waals surface area contributed by atoms with E-state index in [0.717, 1.165) is 13.1 Å². The molecular formula is C8H16N2OS. The van der Waals surface area contributed by atoms with Crippen LogP contribution in [0.2, 0.25) is 0 Å². The van der Waals surface area contributed by atoms with Crippen LogP contribution in [0.3, 0.4) is 0 Å². The van der Waals surface area contributed by atoms with Gasteiger partial charge < -0.3 is 10.4 Å². The van der Waals surface area contributed by atoms with Crippen molar-refractivity contribution in [3.8, 4) is 0 Å². The van der Waals surface area contributed by atoms with Crippen LogP contribution in [0.25, 0.3) is 0 Å². The van der Waals surface area contributed by atoms with E-state index in [1.165, 1.54) is 18.1 Å². The van der Waals surface area contributed by atoms with Gasteiger partial charge in [0, 0.05) is 43.2 Å². The van der Waals surface area contributed by atoms with E-state index in [2.05, 4.69) is 10.2 Å². The third-order valence-corrected chi connectivity index (χ3v) is 3.76. The van der Waals surface area contributed by atoms with E-state index in [1.807, 2.05) is 11.8 Å². The highest BCUT2D eigenvalue weighted by atomic mass is 32.2. The molecule has 2 N–H and O–H groups in total. The van der Waals surface area contributed by atoms with Crippen molar-refractivity contribution < 1.29 is 5.11 Å². The average molecular weight is 188 g/mol. The fourth-order valence-electron chi connectivity index (χ4n) is 1.89. The van der Waals surface area contributed by atoms with Crippen molar-refractivity contribution >= 4 is 11.8 Å². The molecule has 2 saturated heterocycles. The first-order valence-electron chi connectivity index (χ1n) is 4.56. The topological polar surface area (TPSA) is 35.5 Å². The summed E-state index contributed by atoms with van der Waals surface area (Å²) >= 11 is 2.05. The Hall–Kier alpha value is 0.230. The number of piperazine rings is 1. The van der Waals surface area contributed by atoms with Crippen molar-refractivity contribution in [3.05, 3.63) is 0 Å². The summed E-state index contributed by atoms with van der Waals surface area (Å²) < 4.78 is 0. The third kappa shape index (κ3) is 1.76. The Kier molecular flexibility index (Phi) is 2.91. The van der Waals surface area contributed by atoms with Gasteiger partial charge in [-0.1, -0.05) is 0 Å². The predicted molar refractivity (Wildman–Crippen MR) is 51.6 cm³/mol. The van der Waals surface area contributed by atoms with Crippen LogP contribution in [0.1, 0.15) is 0 Å². The highest BCUT2D eigenvalue weighted by Gasteiger charge is 2.29. The number of hydrogen-bond acceptors (Lipinski definition) is 4. The predicted octanol–water partition coefficient (Wildman–Crippen LogP) is -0.632. The summed E-state index contributed by atoms with van der Waals surface area (Å²) in [6.45, 7) is 3.56. The molecule has 2 fully saturated rings. The minimum absolute atomic E-state index is 0.274. The number of nitrogens with zero attached hydrogens (tertiary/aromatic N) is 1. The van der Waals surface area contributed by atoms with Gasteiger partial charge in [0.15, 0.2) is 0 Å². The van der Waals surface area contributed by atoms with Crippen molar-refractivity contribution in [2.24, 2.45) is 0 Å². The number of aliphatic hydroxyl groups is 1. The van der Waals surface area contributed by atoms with Gasteiger partial charge in [-0.15, -0.1) is 0 Å². The lowest BCUT2D eigenvalue weighted by atomic mass is 10.1. The van der Waals surface area contributed by atoms with Crippen LogP contribution in [0.15, 0.2) is 0 Å². The molecule has 0 radical (unpaired) electrons. The Labute approximate surface area is 77.5 Å². The molecule has 0 aromatic carbocycles. The molecule has 2 aliphatic rings. The maximum absolute atomic E-state index is 8.99. The number of rotatable bonds is 1. The first kappa shape index (κ1) is 8.81. The highest BCUT2D eigenvalue weighted by Crippen LogP contribution is 2.18. The largest absolute Gasteiger partial charge is 0.395 e. The van der Waals surface area contributed by atoms with Crippen LogP contribution >= 0.6 is 11.8 Å². The zero-order valence-electron chi connectivity index (χ0n) is 7.20. The van der Waals surface area contributed by atoms with Gasteiger partial charge in [-0.05, 0) is 0 Å². The fourth-order valence-corrected chi connectivity index (χ4v) is 3.02. The second-order valence-corrected chi connectivity index (χ2v) is 4.66. The summed E-state index contributed by atoms with van der Waals surface area (Å²) in [6.07, 6.45) is 0. The number of fused-ring (bicyclic) bond motifs is 1. The number of aliphatic hydroxyl groups excluding tert-OH is 1. The van der Waals surface area contributed by atoms with Crippen LogP contribution in [0.5, 0.6) is 0 Å². The quantitative estimate of drug-likeness (QED) is 0.574. The van der Waals surface area contributed by atoms with Gasteiger partial charge in [-0.2, -0.15) is 11.8 Å². The summed E-state index contributed by atoms with van der Waals surface area (Å²) in [5.41, 5.74) is 0. The molecule has 0 spiro atoms. The minimum atomic E-state index is 0.274. The normalized spacial score (nSPS) is 37.8. The van der Waals surface area contributed by atoms with Gasteiger partial charge in [-0.25, -0.2) is 0 Å². The molecule has 0 aromatic rings. The first-order chi connectivity index (χ1) is 5.90. The lowest BCUT2D eigenvalue weighted by Crippen LogP contribution is -2.60. The molecule has 12 heavy (non-hydrogen) atoms. The number of nitrogens with one attached hydrogen (secondary N) is 1. The van der Waals surface area contributed by atoms with E-state index in [-0.39, 0.29) is 6.61 Å². The summed E-state index contributed by atoms with van der Waals surface area (Å²) in [4.78, 5) is 2.51. The van der Waals surface area contributed by atoms with Gasteiger partial charge >= 0.3 is 0 Å². The van der Waals surface area contributed by atoms with Gasteiger partial charge in [0.2, 0.25) is 0 Å². The molecular weight excluding hydrogens is 172 g/mol. The second-order valence-electron chi connectivity index (χ2n) is 3.51. The van der Waals surface area contributed by atoms with Crippen LogP contribution in [-0.2, 0) is 0 Å². The van der Waals surface area contributed by atoms with Crippen LogP contribution in [0.4, 0.5) is 0 Å². The van der Waals surface area contributed by atoms with E-state index < -0.39 is 0 Å². The van der Waals surface area contributed by atoms with Crippen LogP contribution in [0, 0.1) is 0 Å². The van der Waals surface area contributed by atoms with Crippen molar-refractivity contribution in [1.29, 1.82) is 0 Å². The molecule has 2 rings (SSSR count). The Morgan fingerprint density at radius 1 is 1.58 bits per heavy atom. The van der Waals surface area contributed by atoms with Gasteiger partial charge in [0.1, 0.15) is 0 Å². The monoisotopic (exact) mass is 188 g/mol. The number of hydrogen-bond donors (Lipinski definition) is 2. The summed E-state index contributed by atoms with van der Waals surface area (Å²) in [5.74, 6) is 2.51. The van der Waals surface area contributed by atoms with Crippen molar-refractivity contribution in [1.82, 2.24) is 10.2 Å². The van der Waals surface area contributed by atoms with Crippen molar-refractivity contribution in [2.45, 2.75) is 12.1 Å². The van der Waals surface area contributed by atoms with Crippen LogP contribution < -0.4 is 5.32 Å². The third-order valence-electron chi connectivity index (χ3n) is 2.67. The Bertz CT molecular complexity index is 156. The van der Waals surface area contributed by atoms with Gasteiger partial charge in [-0.3, -0.25) is 4.90 Å². The molecule has 2 aliphatic heterocycles. The van der Waals surface area contributed by atoms with Crippen molar-refractivity contribution in [3.63, 3.8) is 0 Å². The summed E-state index contributed by atoms with van der Waals surface area (Å²) in [7, 11) is 0. The Morgan fingerprint density at radius 3 is 3.33 bits per heavy atom. The second kappa shape index (κ2) is 3.96. The van der Waals surface area contributed by atoms with E-state index in [4.69, 9.17) is 5.11 Å². The molecule has 0 saturated carbocycles. The molecule has 0 aromatic heterocycles. The average Bonchev–Trinajstić information content (AvgIpc) is 2.17. The molecule has 3 nitrogen and oxygen atoms in total. The molecule has 0 aliphatic carbocycles. The molecule has 0 bridgehead atoms. The lowest BCUT2D eigenvalue weighted by molar-refractivity contribution is 0.114. The standard InChI is InChI=1S/C8H16N2OS/c11-5-7-4-10-1-2-12-6-8(10)3-9-7/h7-9,11H,1-6H2/t7-,8-/m1/s1. The first-order valence-corrected chi connectivity index (χ1v) is 5.71. The van der Waals surface area contributed by atoms with E-state index in [0.29, 0.717) is 12.1 Å². The van der Waals surface area contributed by atoms with Crippen LogP contribution in [-0.4, -0.2) is 59.8 Å². The Morgan fingerprint density at radius 2 is 2.50 bits per heavy atom. The highest BCUT2D eigenvalue weighted by molar-refractivity contribution is 7.99. The van der Waals surface area contributed by atoms with E-state index >= 15 is 0 Å². The minimum Gasteiger partial charge on any atom is -0.395 e. The maximum Gasteiger partial charge on any atom is 0.0597 e. The summed E-state index contributed by atoms with van der Waals surface area (Å²) in [6, 6.07) is 1.02. The van der Waals surface area contributed by atoms with Gasteiger partial charge in [0.25, 0.3) is 0 Å². The molecule has 2 atom stereocenters. The molecule has 0 amide bonds. The fraction of sp³-hybridized carbons (Fsp3) is 1.00. The molecule has 4 heteroatoms. The lowest BCUT2D eigenvalue weighted by Gasteiger charge is -2.42. The molecule has 2 heterocycles. The van der Waals surface area contributed by atoms with E-state index in [9.17, 15) is 0 Å². The zero-order valence-corrected chi connectivity index (χ0v) is 8.02. The molecule has 70 valence electrons.